The average molecular weight is 290 g/mol. The molecule has 0 fully saturated rings. The minimum atomic E-state index is -0.622. The van der Waals surface area contributed by atoms with Gasteiger partial charge in [-0.3, -0.25) is 0 Å². The van der Waals surface area contributed by atoms with Crippen molar-refractivity contribution in [1.82, 2.24) is 0 Å². The van der Waals surface area contributed by atoms with E-state index in [0.29, 0.717) is 0 Å². The number of hydrogen-bond donors (Lipinski definition) is 0. The van der Waals surface area contributed by atoms with Gasteiger partial charge in [0, 0.05) is 15.8 Å². The van der Waals surface area contributed by atoms with Crippen LogP contribution in [-0.2, 0) is 0 Å². The van der Waals surface area contributed by atoms with E-state index in [9.17, 15) is 0 Å². The molecule has 0 spiro atoms. The molecule has 3 aromatic carbocycles. The number of fused-ring (bicyclic) bond motifs is 3. The van der Waals surface area contributed by atoms with Gasteiger partial charge in [-0.05, 0) is 35.3 Å². The molecule has 20 heavy (non-hydrogen) atoms. The molecule has 0 aliphatic heterocycles. The van der Waals surface area contributed by atoms with Gasteiger partial charge in [-0.1, -0.05) is 53.9 Å². The maximum absolute atomic E-state index is 8.41. The Morgan fingerprint density at radius 1 is 0.800 bits per heavy atom. The highest BCUT2D eigenvalue weighted by atomic mass is 35.5. The Kier molecular flexibility index (Phi) is 1.09. The summed E-state index contributed by atoms with van der Waals surface area (Å²) in [5.41, 5.74) is -1.29. The normalized spacial score (nSPS) is 18.9. The second kappa shape index (κ2) is 4.39. The van der Waals surface area contributed by atoms with Crippen molar-refractivity contribution < 1.29 is 19.5 Å². The van der Waals surface area contributed by atoms with Crippen LogP contribution in [0.2, 0.25) is 5.02 Å². The first-order valence-electron chi connectivity index (χ1n) is 11.1. The molecule has 0 amide bonds. The van der Waals surface area contributed by atoms with E-state index >= 15 is 0 Å². The summed E-state index contributed by atoms with van der Waals surface area (Å²) in [4.78, 5) is 0. The van der Waals surface area contributed by atoms with Crippen molar-refractivity contribution in [2.75, 3.05) is 0 Å². The van der Waals surface area contributed by atoms with Crippen LogP contribution in [0.15, 0.2) is 70.9 Å². The summed E-state index contributed by atoms with van der Waals surface area (Å²) in [5.74, 6) is 0. The molecule has 0 saturated heterocycles. The van der Waals surface area contributed by atoms with E-state index in [2.05, 4.69) is 0 Å². The van der Waals surface area contributed by atoms with Crippen molar-refractivity contribution in [2.24, 2.45) is 0 Å². The van der Waals surface area contributed by atoms with E-state index in [1.54, 1.807) is 0 Å². The highest BCUT2D eigenvalue weighted by Gasteiger charge is 2.11. The predicted octanol–water partition coefficient (Wildman–Crippen LogP) is 5.91. The van der Waals surface area contributed by atoms with Crippen molar-refractivity contribution in [1.29, 1.82) is 0 Å². The molecule has 0 N–H and O–H groups in total. The third-order valence-electron chi connectivity index (χ3n) is 2.79. The summed E-state index contributed by atoms with van der Waals surface area (Å²) in [6.07, 6.45) is 0. The van der Waals surface area contributed by atoms with E-state index in [-0.39, 0.29) is 33.1 Å². The number of halogens is 1. The Labute approximate surface area is 136 Å². The zero-order valence-corrected chi connectivity index (χ0v) is 10.5. The van der Waals surface area contributed by atoms with Crippen LogP contribution in [0.3, 0.4) is 0 Å². The van der Waals surface area contributed by atoms with Crippen molar-refractivity contribution in [3.05, 3.63) is 71.5 Å². The predicted molar refractivity (Wildman–Crippen MR) is 84.2 cm³/mol. The lowest BCUT2D eigenvalue weighted by Crippen LogP contribution is -1.79. The third-order valence-corrected chi connectivity index (χ3v) is 2.98. The number of hydrogen-bond acceptors (Lipinski definition) is 1. The van der Waals surface area contributed by atoms with Crippen molar-refractivity contribution in [3.63, 3.8) is 0 Å². The van der Waals surface area contributed by atoms with E-state index < -0.39 is 71.5 Å². The molecule has 1 nitrogen and oxygen atoms in total. The zero-order chi connectivity index (χ0) is 23.1. The lowest BCUT2D eigenvalue weighted by Gasteiger charge is -2.03. The summed E-state index contributed by atoms with van der Waals surface area (Å²) < 4.78 is 95.1. The van der Waals surface area contributed by atoms with E-state index in [1.807, 2.05) is 0 Å². The Balaban J connectivity index is 2.40. The van der Waals surface area contributed by atoms with Gasteiger partial charge in [0.25, 0.3) is 0 Å². The van der Waals surface area contributed by atoms with Crippen LogP contribution in [0.4, 0.5) is 0 Å². The molecule has 96 valence electrons. The SMILES string of the molecule is [2H]c1c([2H])c(-c2c([2H])c([2H])c([2H])c3oc4c([2H])c([2H])c([2H])c([2H])c4c23)c([2H])c([2H])c1Cl. The second-order valence-electron chi connectivity index (χ2n) is 3.95. The first kappa shape index (κ1) is 4.94. The number of para-hydroxylation sites is 1. The summed E-state index contributed by atoms with van der Waals surface area (Å²) in [6.45, 7) is 0. The zero-order valence-electron chi connectivity index (χ0n) is 20.8. The molecule has 4 rings (SSSR count). The lowest BCUT2D eigenvalue weighted by atomic mass is 10.00. The van der Waals surface area contributed by atoms with Crippen molar-refractivity contribution in [2.45, 2.75) is 0 Å². The van der Waals surface area contributed by atoms with E-state index in [0.717, 1.165) is 0 Å². The molecular formula is C18H11ClO. The maximum atomic E-state index is 8.41. The molecule has 0 unspecified atom stereocenters. The third kappa shape index (κ3) is 1.71. The summed E-state index contributed by atoms with van der Waals surface area (Å²) >= 11 is 5.87. The molecule has 4 aromatic rings. The van der Waals surface area contributed by atoms with E-state index in [4.69, 9.17) is 31.1 Å². The fourth-order valence-electron chi connectivity index (χ4n) is 1.97. The van der Waals surface area contributed by atoms with Crippen LogP contribution in [0.25, 0.3) is 33.1 Å². The van der Waals surface area contributed by atoms with E-state index in [1.165, 1.54) is 0 Å². The summed E-state index contributed by atoms with van der Waals surface area (Å²) in [6, 6.07) is -6.28. The van der Waals surface area contributed by atoms with Crippen molar-refractivity contribution >= 4 is 33.5 Å². The van der Waals surface area contributed by atoms with Crippen LogP contribution >= 0.6 is 11.6 Å². The largest absolute Gasteiger partial charge is 0.456 e. The molecule has 0 atom stereocenters. The van der Waals surface area contributed by atoms with Crippen LogP contribution in [0, 0.1) is 0 Å². The van der Waals surface area contributed by atoms with Gasteiger partial charge in [0.2, 0.25) is 0 Å². The van der Waals surface area contributed by atoms with Crippen molar-refractivity contribution in [3.8, 4) is 11.1 Å². The van der Waals surface area contributed by atoms with Gasteiger partial charge >= 0.3 is 0 Å². The molecule has 1 heterocycles. The Bertz CT molecular complexity index is 1430. The lowest BCUT2D eigenvalue weighted by molar-refractivity contribution is 0.669. The van der Waals surface area contributed by atoms with Crippen LogP contribution in [0.5, 0.6) is 0 Å². The van der Waals surface area contributed by atoms with Crippen LogP contribution in [0.1, 0.15) is 15.1 Å². The Hall–Kier alpha value is -2.25. The monoisotopic (exact) mass is 289 g/mol. The van der Waals surface area contributed by atoms with Gasteiger partial charge in [-0.15, -0.1) is 0 Å². The number of furan rings is 1. The number of rotatable bonds is 1. The Morgan fingerprint density at radius 3 is 2.40 bits per heavy atom. The highest BCUT2D eigenvalue weighted by molar-refractivity contribution is 6.30. The average Bonchev–Trinajstić information content (AvgIpc) is 3.14. The minimum Gasteiger partial charge on any atom is -0.456 e. The first-order valence-corrected chi connectivity index (χ1v) is 5.98. The van der Waals surface area contributed by atoms with Gasteiger partial charge in [0.1, 0.15) is 11.2 Å². The quantitative estimate of drug-likeness (QED) is 0.425. The Morgan fingerprint density at radius 2 is 1.55 bits per heavy atom. The minimum absolute atomic E-state index is 0.156. The molecule has 1 aromatic heterocycles. The van der Waals surface area contributed by atoms with Crippen LogP contribution in [-0.4, -0.2) is 0 Å². The smallest absolute Gasteiger partial charge is 0.136 e. The molecule has 0 bridgehead atoms. The maximum Gasteiger partial charge on any atom is 0.136 e. The molecular weight excluding hydrogens is 268 g/mol. The molecule has 0 aliphatic rings. The summed E-state index contributed by atoms with van der Waals surface area (Å²) in [5, 5.41) is -0.760. The topological polar surface area (TPSA) is 13.1 Å². The van der Waals surface area contributed by atoms with Gasteiger partial charge in [0.05, 0.1) is 15.1 Å². The molecule has 0 aliphatic carbocycles. The molecule has 2 heteroatoms. The highest BCUT2D eigenvalue weighted by Crippen LogP contribution is 2.36. The molecule has 0 radical (unpaired) electrons. The fraction of sp³-hybridized carbons (Fsp3) is 0. The van der Waals surface area contributed by atoms with Gasteiger partial charge in [0.15, 0.2) is 0 Å². The van der Waals surface area contributed by atoms with Crippen LogP contribution < -0.4 is 0 Å². The fourth-order valence-corrected chi connectivity index (χ4v) is 2.06. The first-order chi connectivity index (χ1) is 14.4. The van der Waals surface area contributed by atoms with Gasteiger partial charge in [-0.25, -0.2) is 0 Å². The van der Waals surface area contributed by atoms with Gasteiger partial charge in [-0.2, -0.15) is 0 Å². The standard InChI is InChI=1S/C18H11ClO/c19-13-10-8-12(9-11-13)14-5-3-7-17-18(14)15-4-1-2-6-16(15)20-17/h1-11H/i1D,2D,3D,4D,5D,6D,7D,8D,9D,10D,11D. The number of benzene rings is 3. The summed E-state index contributed by atoms with van der Waals surface area (Å²) in [7, 11) is 0. The van der Waals surface area contributed by atoms with Gasteiger partial charge < -0.3 is 4.42 Å². The second-order valence-corrected chi connectivity index (χ2v) is 4.33. The molecule has 0 saturated carbocycles.